The average molecular weight is 377 g/mol. The van der Waals surface area contributed by atoms with Crippen molar-refractivity contribution >= 4 is 17.1 Å². The lowest BCUT2D eigenvalue weighted by molar-refractivity contribution is 0.0691. The van der Waals surface area contributed by atoms with Crippen molar-refractivity contribution in [3.05, 3.63) is 26.7 Å². The van der Waals surface area contributed by atoms with Gasteiger partial charge in [0, 0.05) is 27.2 Å². The first-order chi connectivity index (χ1) is 12.7. The van der Waals surface area contributed by atoms with Gasteiger partial charge in [0.2, 0.25) is 0 Å². The summed E-state index contributed by atoms with van der Waals surface area (Å²) in [7, 11) is 4.73. The molecular weight excluding hydrogens is 346 g/mol. The molecule has 2 aromatic rings. The number of rotatable bonds is 8. The molecule has 27 heavy (non-hydrogen) atoms. The number of nitrogens with zero attached hydrogens (tertiary/aromatic N) is 4. The van der Waals surface area contributed by atoms with Gasteiger partial charge in [-0.1, -0.05) is 40.0 Å². The molecule has 0 bridgehead atoms. The Kier molecular flexibility index (Phi) is 6.62. The molecule has 150 valence electrons. The molecule has 0 spiro atoms. The van der Waals surface area contributed by atoms with Crippen LogP contribution in [0, 0.1) is 5.92 Å². The van der Waals surface area contributed by atoms with Crippen molar-refractivity contribution in [2.24, 2.45) is 20.0 Å². The van der Waals surface area contributed by atoms with Crippen molar-refractivity contribution in [2.75, 3.05) is 7.05 Å². The Morgan fingerprint density at radius 1 is 1.19 bits per heavy atom. The largest absolute Gasteiger partial charge is 0.336 e. The highest BCUT2D eigenvalue weighted by atomic mass is 16.2. The first kappa shape index (κ1) is 20.9. The predicted octanol–water partition coefficient (Wildman–Crippen LogP) is 2.03. The van der Waals surface area contributed by atoms with Gasteiger partial charge in [-0.2, -0.15) is 0 Å². The fourth-order valence-corrected chi connectivity index (χ4v) is 3.40. The number of unbranched alkanes of at least 4 members (excludes halogenated alkanes) is 2. The van der Waals surface area contributed by atoms with Crippen LogP contribution in [0.4, 0.5) is 0 Å². The molecule has 1 N–H and O–H groups in total. The molecule has 0 radical (unpaired) electrons. The van der Waals surface area contributed by atoms with Crippen molar-refractivity contribution < 1.29 is 4.79 Å². The van der Waals surface area contributed by atoms with Gasteiger partial charge in [-0.15, -0.1) is 0 Å². The molecule has 0 aliphatic carbocycles. The van der Waals surface area contributed by atoms with E-state index < -0.39 is 11.2 Å². The first-order valence-corrected chi connectivity index (χ1v) is 9.61. The minimum Gasteiger partial charge on any atom is -0.336 e. The number of carbonyl (C=O) groups excluding carboxylic acids is 1. The highest BCUT2D eigenvalue weighted by molar-refractivity contribution is 5.93. The second-order valence-corrected chi connectivity index (χ2v) is 7.68. The van der Waals surface area contributed by atoms with E-state index in [0.717, 1.165) is 36.7 Å². The van der Waals surface area contributed by atoms with Gasteiger partial charge in [0.1, 0.15) is 0 Å². The molecule has 8 heteroatoms. The third kappa shape index (κ3) is 4.31. The van der Waals surface area contributed by atoms with Gasteiger partial charge in [0.15, 0.2) is 17.0 Å². The molecule has 1 amide bonds. The summed E-state index contributed by atoms with van der Waals surface area (Å²) < 4.78 is 2.28. The minimum absolute atomic E-state index is 0.0926. The van der Waals surface area contributed by atoms with Crippen LogP contribution in [0.3, 0.4) is 0 Å². The molecule has 0 aromatic carbocycles. The maximum Gasteiger partial charge on any atom is 0.332 e. The zero-order chi connectivity index (χ0) is 20.3. The molecule has 0 saturated heterocycles. The normalized spacial score (nSPS) is 12.7. The molecule has 2 aromatic heterocycles. The Balaban J connectivity index is 2.37. The lowest BCUT2D eigenvalue weighted by atomic mass is 9.97. The van der Waals surface area contributed by atoms with Gasteiger partial charge in [-0.3, -0.25) is 18.7 Å². The Labute approximate surface area is 159 Å². The number of fused-ring (bicyclic) bond motifs is 1. The summed E-state index contributed by atoms with van der Waals surface area (Å²) in [5.74, 6) is 0.300. The minimum atomic E-state index is -0.482. The molecule has 0 aliphatic heterocycles. The van der Waals surface area contributed by atoms with Gasteiger partial charge < -0.3 is 9.88 Å². The van der Waals surface area contributed by atoms with E-state index in [1.165, 1.54) is 18.7 Å². The number of aromatic amines is 1. The van der Waals surface area contributed by atoms with Crippen LogP contribution in [-0.4, -0.2) is 43.0 Å². The highest BCUT2D eigenvalue weighted by Gasteiger charge is 2.25. The van der Waals surface area contributed by atoms with E-state index in [9.17, 15) is 14.4 Å². The predicted molar refractivity (Wildman–Crippen MR) is 106 cm³/mol. The number of hydrogen-bond acceptors (Lipinski definition) is 4. The van der Waals surface area contributed by atoms with Crippen molar-refractivity contribution in [3.8, 4) is 0 Å². The molecule has 1 unspecified atom stereocenters. The van der Waals surface area contributed by atoms with E-state index in [2.05, 4.69) is 30.7 Å². The quantitative estimate of drug-likeness (QED) is 0.712. The van der Waals surface area contributed by atoms with Crippen molar-refractivity contribution in [2.45, 2.75) is 58.9 Å². The summed E-state index contributed by atoms with van der Waals surface area (Å²) in [6.45, 7) is 6.45. The molecule has 8 nitrogen and oxygen atoms in total. The fraction of sp³-hybridized carbons (Fsp3) is 0.684. The maximum absolute atomic E-state index is 13.0. The Bertz CT molecular complexity index is 922. The Morgan fingerprint density at radius 3 is 2.44 bits per heavy atom. The third-order valence-electron chi connectivity index (χ3n) is 5.05. The highest BCUT2D eigenvalue weighted by Crippen LogP contribution is 2.19. The van der Waals surface area contributed by atoms with Crippen molar-refractivity contribution in [1.82, 2.24) is 24.0 Å². The number of carbonyl (C=O) groups is 1. The first-order valence-electron chi connectivity index (χ1n) is 9.61. The summed E-state index contributed by atoms with van der Waals surface area (Å²) in [6, 6.07) is 0.115. The summed E-state index contributed by atoms with van der Waals surface area (Å²) in [5, 5.41) is 0. The standard InChI is InChI=1S/C19H31N5O3/c1-7-8-9-10-13(11-12(2)3)22(4)18(26)15-20-14-16(21-15)23(5)19(27)24(6)17(14)25/h12-13H,7-11H2,1-6H3,(H,20,21). The number of amides is 1. The molecule has 2 rings (SSSR count). The van der Waals surface area contributed by atoms with Crippen LogP contribution in [0.5, 0.6) is 0 Å². The van der Waals surface area contributed by atoms with Crippen LogP contribution in [-0.2, 0) is 14.1 Å². The smallest absolute Gasteiger partial charge is 0.332 e. The molecule has 0 fully saturated rings. The van der Waals surface area contributed by atoms with Crippen LogP contribution < -0.4 is 11.2 Å². The number of aromatic nitrogens is 4. The van der Waals surface area contributed by atoms with E-state index in [-0.39, 0.29) is 28.9 Å². The van der Waals surface area contributed by atoms with Crippen LogP contribution in [0.25, 0.3) is 11.2 Å². The third-order valence-corrected chi connectivity index (χ3v) is 5.05. The zero-order valence-corrected chi connectivity index (χ0v) is 17.2. The van der Waals surface area contributed by atoms with Crippen LogP contribution in [0.15, 0.2) is 9.59 Å². The van der Waals surface area contributed by atoms with Gasteiger partial charge in [-0.05, 0) is 18.8 Å². The number of imidazole rings is 1. The number of hydrogen-bond donors (Lipinski definition) is 1. The van der Waals surface area contributed by atoms with Gasteiger partial charge in [0.05, 0.1) is 0 Å². The number of nitrogens with one attached hydrogen (secondary N) is 1. The average Bonchev–Trinajstić information content (AvgIpc) is 3.08. The second-order valence-electron chi connectivity index (χ2n) is 7.68. The van der Waals surface area contributed by atoms with Gasteiger partial charge >= 0.3 is 5.69 Å². The van der Waals surface area contributed by atoms with E-state index >= 15 is 0 Å². The molecule has 0 saturated carbocycles. The lowest BCUT2D eigenvalue weighted by Crippen LogP contribution is -2.38. The van der Waals surface area contributed by atoms with Crippen molar-refractivity contribution in [3.63, 3.8) is 0 Å². The van der Waals surface area contributed by atoms with Crippen LogP contribution >= 0.6 is 0 Å². The van der Waals surface area contributed by atoms with E-state index in [1.54, 1.807) is 11.9 Å². The lowest BCUT2D eigenvalue weighted by Gasteiger charge is -2.29. The van der Waals surface area contributed by atoms with Crippen molar-refractivity contribution in [1.29, 1.82) is 0 Å². The van der Waals surface area contributed by atoms with E-state index in [1.807, 2.05) is 0 Å². The summed E-state index contributed by atoms with van der Waals surface area (Å²) >= 11 is 0. The molecule has 2 heterocycles. The van der Waals surface area contributed by atoms with Crippen LogP contribution in [0.2, 0.25) is 0 Å². The number of aryl methyl sites for hydroxylation is 1. The summed E-state index contributed by atoms with van der Waals surface area (Å²) in [4.78, 5) is 46.2. The second kappa shape index (κ2) is 8.54. The van der Waals surface area contributed by atoms with Gasteiger partial charge in [-0.25, -0.2) is 9.78 Å². The zero-order valence-electron chi connectivity index (χ0n) is 17.2. The number of H-pyrrole nitrogens is 1. The van der Waals surface area contributed by atoms with E-state index in [4.69, 9.17) is 0 Å². The molecule has 0 aliphatic rings. The molecule has 1 atom stereocenters. The Morgan fingerprint density at radius 2 is 1.85 bits per heavy atom. The Hall–Kier alpha value is -2.38. The topological polar surface area (TPSA) is 93.0 Å². The van der Waals surface area contributed by atoms with Gasteiger partial charge in [0.25, 0.3) is 11.5 Å². The maximum atomic E-state index is 13.0. The monoisotopic (exact) mass is 377 g/mol. The SMILES string of the molecule is CCCCCC(CC(C)C)N(C)C(=O)c1nc2c([nH]1)c(=O)n(C)c(=O)n2C. The molecular formula is C19H31N5O3. The fourth-order valence-electron chi connectivity index (χ4n) is 3.40. The van der Waals surface area contributed by atoms with E-state index in [0.29, 0.717) is 5.92 Å². The summed E-state index contributed by atoms with van der Waals surface area (Å²) in [5.41, 5.74) is -0.582. The summed E-state index contributed by atoms with van der Waals surface area (Å²) in [6.07, 6.45) is 5.19. The van der Waals surface area contributed by atoms with Crippen LogP contribution in [0.1, 0.15) is 63.5 Å².